The van der Waals surface area contributed by atoms with Crippen LogP contribution in [0.4, 0.5) is 0 Å². The van der Waals surface area contributed by atoms with Crippen LogP contribution in [-0.4, -0.2) is 4.57 Å². The van der Waals surface area contributed by atoms with E-state index < -0.39 is 0 Å². The van der Waals surface area contributed by atoms with E-state index in [1.165, 1.54) is 110 Å². The van der Waals surface area contributed by atoms with Crippen LogP contribution in [0.1, 0.15) is 29.0 Å². The summed E-state index contributed by atoms with van der Waals surface area (Å²) in [5.41, 5.74) is 17.5. The number of benzene rings is 11. The molecule has 0 radical (unpaired) electrons. The zero-order valence-corrected chi connectivity index (χ0v) is 36.7. The van der Waals surface area contributed by atoms with Crippen molar-refractivity contribution in [3.8, 4) is 50.2 Å². The summed E-state index contributed by atoms with van der Waals surface area (Å²) in [5, 5.41) is 7.67. The van der Waals surface area contributed by atoms with E-state index in [4.69, 9.17) is 0 Å². The lowest BCUT2D eigenvalue weighted by Crippen LogP contribution is -2.05. The lowest BCUT2D eigenvalue weighted by Gasteiger charge is -2.23. The van der Waals surface area contributed by atoms with Crippen molar-refractivity contribution in [2.75, 3.05) is 0 Å². The maximum absolute atomic E-state index is 2.46. The number of rotatable bonds is 10. The quantitative estimate of drug-likeness (QED) is 0.129. The van der Waals surface area contributed by atoms with Crippen molar-refractivity contribution in [3.05, 3.63) is 271 Å². The van der Waals surface area contributed by atoms with Crippen LogP contribution in [0.5, 0.6) is 0 Å². The fourth-order valence-electron chi connectivity index (χ4n) is 10.6. The van der Waals surface area contributed by atoms with Crippen molar-refractivity contribution in [2.45, 2.75) is 18.8 Å². The monoisotopic (exact) mass is 841 g/mol. The SMILES string of the molecule is c1ccc(-c2cc(CCC(c3ccc(-c4cccc5ccccc45)cc3)c3ccc(-c4ccccc4)c4ccccc34)ccc2-c2ccccc2-n2c3ccccc3c3ccccc32)cc1. The molecule has 312 valence electrons. The highest BCUT2D eigenvalue weighted by Crippen LogP contribution is 2.43. The van der Waals surface area contributed by atoms with Crippen LogP contribution in [0.15, 0.2) is 255 Å². The summed E-state index contributed by atoms with van der Waals surface area (Å²) in [6, 6.07) is 94.0. The minimum atomic E-state index is 0.164. The smallest absolute Gasteiger partial charge is 0.0541 e. The minimum Gasteiger partial charge on any atom is -0.309 e. The van der Waals surface area contributed by atoms with Gasteiger partial charge in [-0.2, -0.15) is 0 Å². The van der Waals surface area contributed by atoms with E-state index in [1.54, 1.807) is 0 Å². The topological polar surface area (TPSA) is 4.93 Å². The fourth-order valence-corrected chi connectivity index (χ4v) is 10.6. The summed E-state index contributed by atoms with van der Waals surface area (Å²) in [5.74, 6) is 0.164. The Balaban J connectivity index is 0.968. The normalized spacial score (nSPS) is 12.0. The fraction of sp³-hybridized carbons (Fsp3) is 0.0462. The molecule has 1 aromatic heterocycles. The van der Waals surface area contributed by atoms with Gasteiger partial charge in [-0.3, -0.25) is 0 Å². The Hall–Kier alpha value is -8.26. The van der Waals surface area contributed by atoms with E-state index in [1.807, 2.05) is 0 Å². The second kappa shape index (κ2) is 17.0. The molecule has 0 saturated heterocycles. The van der Waals surface area contributed by atoms with E-state index >= 15 is 0 Å². The van der Waals surface area contributed by atoms with Crippen molar-refractivity contribution in [1.82, 2.24) is 4.57 Å². The van der Waals surface area contributed by atoms with Gasteiger partial charge >= 0.3 is 0 Å². The first-order valence-electron chi connectivity index (χ1n) is 23.2. The summed E-state index contributed by atoms with van der Waals surface area (Å²) in [6.45, 7) is 0. The zero-order valence-electron chi connectivity index (χ0n) is 36.7. The van der Waals surface area contributed by atoms with E-state index in [0.29, 0.717) is 0 Å². The van der Waals surface area contributed by atoms with Crippen LogP contribution < -0.4 is 0 Å². The largest absolute Gasteiger partial charge is 0.309 e. The highest BCUT2D eigenvalue weighted by atomic mass is 15.0. The molecule has 0 fully saturated rings. The number of hydrogen-bond acceptors (Lipinski definition) is 0. The number of aryl methyl sites for hydroxylation is 1. The second-order valence-corrected chi connectivity index (χ2v) is 17.5. The van der Waals surface area contributed by atoms with Crippen molar-refractivity contribution < 1.29 is 0 Å². The van der Waals surface area contributed by atoms with Gasteiger partial charge < -0.3 is 4.57 Å². The summed E-state index contributed by atoms with van der Waals surface area (Å²) in [4.78, 5) is 0. The lowest BCUT2D eigenvalue weighted by molar-refractivity contribution is 0.720. The molecular weight excluding hydrogens is 795 g/mol. The van der Waals surface area contributed by atoms with Gasteiger partial charge in [-0.1, -0.05) is 237 Å². The van der Waals surface area contributed by atoms with Crippen LogP contribution in [0.2, 0.25) is 0 Å². The molecule has 1 nitrogen and oxygen atoms in total. The average Bonchev–Trinajstić information content (AvgIpc) is 3.73. The van der Waals surface area contributed by atoms with Crippen LogP contribution in [-0.2, 0) is 6.42 Å². The molecule has 1 atom stereocenters. The maximum Gasteiger partial charge on any atom is 0.0541 e. The predicted molar refractivity (Wildman–Crippen MR) is 281 cm³/mol. The molecule has 0 saturated carbocycles. The number of fused-ring (bicyclic) bond motifs is 5. The van der Waals surface area contributed by atoms with Crippen LogP contribution in [0, 0.1) is 0 Å². The molecule has 0 amide bonds. The van der Waals surface area contributed by atoms with Gasteiger partial charge in [0.15, 0.2) is 0 Å². The lowest BCUT2D eigenvalue weighted by atomic mass is 9.81. The molecule has 0 aliphatic heterocycles. The number of aromatic nitrogens is 1. The van der Waals surface area contributed by atoms with Crippen LogP contribution in [0.3, 0.4) is 0 Å². The van der Waals surface area contributed by atoms with Crippen molar-refractivity contribution in [3.63, 3.8) is 0 Å². The van der Waals surface area contributed by atoms with Gasteiger partial charge in [0, 0.05) is 22.3 Å². The Kier molecular flexibility index (Phi) is 10.2. The molecule has 66 heavy (non-hydrogen) atoms. The third-order valence-electron chi connectivity index (χ3n) is 13.7. The number of nitrogens with zero attached hydrogens (tertiary/aromatic N) is 1. The van der Waals surface area contributed by atoms with Gasteiger partial charge in [-0.15, -0.1) is 0 Å². The summed E-state index contributed by atoms with van der Waals surface area (Å²) in [7, 11) is 0. The Morgan fingerprint density at radius 2 is 0.833 bits per heavy atom. The van der Waals surface area contributed by atoms with Gasteiger partial charge in [0.1, 0.15) is 0 Å². The predicted octanol–water partition coefficient (Wildman–Crippen LogP) is 17.5. The van der Waals surface area contributed by atoms with E-state index in [-0.39, 0.29) is 5.92 Å². The molecule has 0 aliphatic rings. The molecule has 1 heteroatoms. The Bertz CT molecular complexity index is 3630. The van der Waals surface area contributed by atoms with Crippen molar-refractivity contribution >= 4 is 43.4 Å². The molecule has 0 bridgehead atoms. The maximum atomic E-state index is 2.46. The first kappa shape index (κ1) is 39.3. The number of hydrogen-bond donors (Lipinski definition) is 0. The van der Waals surface area contributed by atoms with Gasteiger partial charge in [0.05, 0.1) is 16.7 Å². The molecule has 0 spiro atoms. The third-order valence-corrected chi connectivity index (χ3v) is 13.7. The van der Waals surface area contributed by atoms with Gasteiger partial charge in [0.2, 0.25) is 0 Å². The summed E-state index contributed by atoms with van der Waals surface area (Å²) >= 11 is 0. The van der Waals surface area contributed by atoms with Crippen molar-refractivity contribution in [1.29, 1.82) is 0 Å². The highest BCUT2D eigenvalue weighted by Gasteiger charge is 2.22. The van der Waals surface area contributed by atoms with Gasteiger partial charge in [0.25, 0.3) is 0 Å². The Labute approximate surface area is 386 Å². The number of para-hydroxylation sites is 3. The van der Waals surface area contributed by atoms with Gasteiger partial charge in [-0.05, 0) is 108 Å². The van der Waals surface area contributed by atoms with Crippen molar-refractivity contribution in [2.24, 2.45) is 0 Å². The van der Waals surface area contributed by atoms with E-state index in [0.717, 1.165) is 12.8 Å². The minimum absolute atomic E-state index is 0.164. The van der Waals surface area contributed by atoms with E-state index in [2.05, 4.69) is 259 Å². The third kappa shape index (κ3) is 7.07. The second-order valence-electron chi connectivity index (χ2n) is 17.5. The first-order chi connectivity index (χ1) is 32.8. The highest BCUT2D eigenvalue weighted by molar-refractivity contribution is 6.10. The van der Waals surface area contributed by atoms with E-state index in [9.17, 15) is 0 Å². The Morgan fingerprint density at radius 1 is 0.318 bits per heavy atom. The van der Waals surface area contributed by atoms with Gasteiger partial charge in [-0.25, -0.2) is 0 Å². The molecular formula is C65H47N. The van der Waals surface area contributed by atoms with Crippen LogP contribution in [0.25, 0.3) is 93.5 Å². The molecule has 1 unspecified atom stereocenters. The van der Waals surface area contributed by atoms with Crippen LogP contribution >= 0.6 is 0 Å². The molecule has 11 aromatic carbocycles. The average molecular weight is 842 g/mol. The standard InChI is InChI=1S/C65H47N/c1-3-18-46(19-4-1)54-42-43-57(56-26-10-9-25-55(54)56)53(50-38-36-49(37-39-50)52-30-17-23-47-22-7-8-24-51(47)52)40-34-45-35-41-58(62(44-45)48-20-5-2-6-21-48)59-27-11-14-31-63(59)66-64-32-15-12-28-60(64)61-29-13-16-33-65(61)66/h1-33,35-39,41-44,53H,34,40H2. The Morgan fingerprint density at radius 3 is 1.56 bits per heavy atom. The molecule has 0 N–H and O–H groups in total. The summed E-state index contributed by atoms with van der Waals surface area (Å²) in [6.07, 6.45) is 1.87. The molecule has 0 aliphatic carbocycles. The first-order valence-corrected chi connectivity index (χ1v) is 23.2. The molecule has 1 heterocycles. The summed E-state index contributed by atoms with van der Waals surface area (Å²) < 4.78 is 2.45. The molecule has 12 rings (SSSR count). The zero-order chi connectivity index (χ0) is 43.8. The molecule has 12 aromatic rings.